The summed E-state index contributed by atoms with van der Waals surface area (Å²) in [5, 5.41) is 27.1. The molecule has 0 amide bonds. The Morgan fingerprint density at radius 1 is 1.50 bits per heavy atom. The Hall–Kier alpha value is -2.97. The second-order valence-electron chi connectivity index (χ2n) is 3.85. The molecule has 1 aromatic heterocycles. The van der Waals surface area contributed by atoms with Crippen LogP contribution >= 0.6 is 0 Å². The molecule has 0 atom stereocenters. The Balaban J connectivity index is 2.56. The van der Waals surface area contributed by atoms with Crippen molar-refractivity contribution in [2.45, 2.75) is 6.92 Å². The molecule has 0 aliphatic heterocycles. The average molecular weight is 278 g/mol. The molecule has 0 fully saturated rings. The summed E-state index contributed by atoms with van der Waals surface area (Å²) in [6, 6.07) is 4.18. The number of nitro groups is 1. The van der Waals surface area contributed by atoms with Gasteiger partial charge in [-0.15, -0.1) is 5.10 Å². The van der Waals surface area contributed by atoms with Crippen molar-refractivity contribution in [2.24, 2.45) is 0 Å². The van der Waals surface area contributed by atoms with Crippen LogP contribution in [-0.2, 0) is 0 Å². The SMILES string of the molecule is COc1ccc(-n2nnc(C(=O)O)c2C)cc1[N+](=O)[O-]. The number of ether oxygens (including phenoxy) is 1. The first-order chi connectivity index (χ1) is 9.45. The van der Waals surface area contributed by atoms with Gasteiger partial charge in [-0.05, 0) is 19.1 Å². The zero-order chi connectivity index (χ0) is 14.9. The van der Waals surface area contributed by atoms with E-state index in [9.17, 15) is 14.9 Å². The number of carboxylic acids is 1. The fraction of sp³-hybridized carbons (Fsp3) is 0.182. The highest BCUT2D eigenvalue weighted by atomic mass is 16.6. The minimum atomic E-state index is -1.21. The molecule has 9 nitrogen and oxygen atoms in total. The molecule has 1 aromatic carbocycles. The van der Waals surface area contributed by atoms with Crippen molar-refractivity contribution in [3.05, 3.63) is 39.7 Å². The number of hydrogen-bond acceptors (Lipinski definition) is 6. The highest BCUT2D eigenvalue weighted by Gasteiger charge is 2.20. The predicted molar refractivity (Wildman–Crippen MR) is 66.3 cm³/mol. The Bertz CT molecular complexity index is 694. The third-order valence-electron chi connectivity index (χ3n) is 2.70. The molecular weight excluding hydrogens is 268 g/mol. The van der Waals surface area contributed by atoms with E-state index in [-0.39, 0.29) is 22.8 Å². The maximum atomic E-state index is 10.9. The van der Waals surface area contributed by atoms with Gasteiger partial charge in [0.25, 0.3) is 0 Å². The number of methoxy groups -OCH3 is 1. The third-order valence-corrected chi connectivity index (χ3v) is 2.70. The average Bonchev–Trinajstić information content (AvgIpc) is 2.79. The topological polar surface area (TPSA) is 120 Å². The van der Waals surface area contributed by atoms with Gasteiger partial charge >= 0.3 is 11.7 Å². The maximum Gasteiger partial charge on any atom is 0.358 e. The number of rotatable bonds is 4. The van der Waals surface area contributed by atoms with Gasteiger partial charge in [0.1, 0.15) is 0 Å². The van der Waals surface area contributed by atoms with Crippen LogP contribution in [0.4, 0.5) is 5.69 Å². The molecule has 1 N–H and O–H groups in total. The quantitative estimate of drug-likeness (QED) is 0.658. The fourth-order valence-corrected chi connectivity index (χ4v) is 1.72. The highest BCUT2D eigenvalue weighted by Crippen LogP contribution is 2.29. The van der Waals surface area contributed by atoms with E-state index in [1.54, 1.807) is 0 Å². The van der Waals surface area contributed by atoms with E-state index in [0.29, 0.717) is 5.69 Å². The molecule has 2 rings (SSSR count). The van der Waals surface area contributed by atoms with E-state index in [1.807, 2.05) is 0 Å². The zero-order valence-electron chi connectivity index (χ0n) is 10.6. The summed E-state index contributed by atoms with van der Waals surface area (Å²) in [5.41, 5.74) is 0.159. The van der Waals surface area contributed by atoms with Gasteiger partial charge in [-0.25, -0.2) is 9.48 Å². The van der Waals surface area contributed by atoms with Crippen LogP contribution in [0.2, 0.25) is 0 Å². The Labute approximate surface area is 112 Å². The fourth-order valence-electron chi connectivity index (χ4n) is 1.72. The van der Waals surface area contributed by atoms with E-state index in [2.05, 4.69) is 10.3 Å². The number of carbonyl (C=O) groups is 1. The molecule has 0 radical (unpaired) electrons. The molecule has 0 aliphatic carbocycles. The van der Waals surface area contributed by atoms with Crippen LogP contribution in [0.3, 0.4) is 0 Å². The van der Waals surface area contributed by atoms with E-state index in [1.165, 1.54) is 36.9 Å². The summed E-state index contributed by atoms with van der Waals surface area (Å²) in [7, 11) is 1.32. The molecule has 0 saturated heterocycles. The van der Waals surface area contributed by atoms with Crippen LogP contribution in [-0.4, -0.2) is 38.1 Å². The number of nitrogens with zero attached hydrogens (tertiary/aromatic N) is 4. The van der Waals surface area contributed by atoms with E-state index in [0.717, 1.165) is 0 Å². The number of aromatic carboxylic acids is 1. The number of hydrogen-bond donors (Lipinski definition) is 1. The molecule has 2 aromatic rings. The molecule has 20 heavy (non-hydrogen) atoms. The van der Waals surface area contributed by atoms with Gasteiger partial charge in [0.2, 0.25) is 0 Å². The van der Waals surface area contributed by atoms with Crippen molar-refractivity contribution < 1.29 is 19.6 Å². The van der Waals surface area contributed by atoms with Crippen molar-refractivity contribution >= 4 is 11.7 Å². The lowest BCUT2D eigenvalue weighted by Crippen LogP contribution is -2.03. The van der Waals surface area contributed by atoms with Crippen molar-refractivity contribution in [2.75, 3.05) is 7.11 Å². The first kappa shape index (κ1) is 13.5. The lowest BCUT2D eigenvalue weighted by atomic mass is 10.2. The molecule has 9 heteroatoms. The van der Waals surface area contributed by atoms with Crippen molar-refractivity contribution in [3.63, 3.8) is 0 Å². The van der Waals surface area contributed by atoms with E-state index < -0.39 is 10.9 Å². The molecule has 0 aliphatic rings. The maximum absolute atomic E-state index is 10.9. The van der Waals surface area contributed by atoms with Crippen molar-refractivity contribution in [1.82, 2.24) is 15.0 Å². The van der Waals surface area contributed by atoms with E-state index in [4.69, 9.17) is 9.84 Å². The summed E-state index contributed by atoms with van der Waals surface area (Å²) in [6.45, 7) is 1.51. The Morgan fingerprint density at radius 3 is 2.70 bits per heavy atom. The summed E-state index contributed by atoms with van der Waals surface area (Å²) in [6.07, 6.45) is 0. The number of carboxylic acid groups (broad SMARTS) is 1. The molecular formula is C11H10N4O5. The van der Waals surface area contributed by atoms with Gasteiger partial charge in [-0.1, -0.05) is 5.21 Å². The first-order valence-corrected chi connectivity index (χ1v) is 5.44. The van der Waals surface area contributed by atoms with Crippen LogP contribution < -0.4 is 4.74 Å². The van der Waals surface area contributed by atoms with Crippen LogP contribution in [0.15, 0.2) is 18.2 Å². The second kappa shape index (κ2) is 4.96. The molecule has 0 spiro atoms. The van der Waals surface area contributed by atoms with E-state index >= 15 is 0 Å². The smallest absolute Gasteiger partial charge is 0.358 e. The number of aromatic nitrogens is 3. The van der Waals surface area contributed by atoms with Crippen LogP contribution in [0.1, 0.15) is 16.2 Å². The van der Waals surface area contributed by atoms with Crippen LogP contribution in [0.5, 0.6) is 5.75 Å². The van der Waals surface area contributed by atoms with Crippen LogP contribution in [0.25, 0.3) is 5.69 Å². The normalized spacial score (nSPS) is 10.3. The number of benzene rings is 1. The molecule has 0 bridgehead atoms. The van der Waals surface area contributed by atoms with Gasteiger partial charge in [-0.3, -0.25) is 10.1 Å². The standard InChI is InChI=1S/C11H10N4O5/c1-6-10(11(16)17)12-13-14(6)7-3-4-9(20-2)8(5-7)15(18)19/h3-5H,1-2H3,(H,16,17). The third kappa shape index (κ3) is 2.16. The zero-order valence-corrected chi connectivity index (χ0v) is 10.6. The highest BCUT2D eigenvalue weighted by molar-refractivity contribution is 5.86. The number of nitro benzene ring substituents is 1. The van der Waals surface area contributed by atoms with Crippen molar-refractivity contribution in [3.8, 4) is 11.4 Å². The molecule has 104 valence electrons. The van der Waals surface area contributed by atoms with Crippen LogP contribution in [0, 0.1) is 17.0 Å². The van der Waals surface area contributed by atoms with Gasteiger partial charge in [-0.2, -0.15) is 0 Å². The first-order valence-electron chi connectivity index (χ1n) is 5.44. The van der Waals surface area contributed by atoms with Gasteiger partial charge < -0.3 is 9.84 Å². The Kier molecular flexibility index (Phi) is 3.34. The Morgan fingerprint density at radius 2 is 2.20 bits per heavy atom. The summed E-state index contributed by atoms with van der Waals surface area (Å²) in [5.74, 6) is -1.10. The largest absolute Gasteiger partial charge is 0.490 e. The lowest BCUT2D eigenvalue weighted by Gasteiger charge is -2.06. The summed E-state index contributed by atoms with van der Waals surface area (Å²) < 4.78 is 6.11. The summed E-state index contributed by atoms with van der Waals surface area (Å²) in [4.78, 5) is 21.3. The van der Waals surface area contributed by atoms with Gasteiger partial charge in [0, 0.05) is 6.07 Å². The minimum absolute atomic E-state index is 0.106. The lowest BCUT2D eigenvalue weighted by molar-refractivity contribution is -0.385. The van der Waals surface area contributed by atoms with Gasteiger partial charge in [0.05, 0.1) is 23.4 Å². The second-order valence-corrected chi connectivity index (χ2v) is 3.85. The molecule has 1 heterocycles. The predicted octanol–water partition coefficient (Wildman–Crippen LogP) is 1.19. The molecule has 0 saturated carbocycles. The van der Waals surface area contributed by atoms with Gasteiger partial charge in [0.15, 0.2) is 11.4 Å². The monoisotopic (exact) mass is 278 g/mol. The van der Waals surface area contributed by atoms with Crippen molar-refractivity contribution in [1.29, 1.82) is 0 Å². The minimum Gasteiger partial charge on any atom is -0.490 e. The summed E-state index contributed by atoms with van der Waals surface area (Å²) >= 11 is 0. The molecule has 0 unspecified atom stereocenters.